The zero-order valence-electron chi connectivity index (χ0n) is 13.6. The van der Waals surface area contributed by atoms with Crippen LogP contribution in [0, 0.1) is 11.8 Å². The average molecular weight is 292 g/mol. The van der Waals surface area contributed by atoms with E-state index in [4.69, 9.17) is 0 Å². The molecule has 0 nitrogen and oxygen atoms in total. The van der Waals surface area contributed by atoms with Crippen molar-refractivity contribution < 1.29 is 0 Å². The van der Waals surface area contributed by atoms with Gasteiger partial charge < -0.3 is 0 Å². The molecule has 2 aliphatic rings. The lowest BCUT2D eigenvalue weighted by Crippen LogP contribution is -2.06. The fraction of sp³-hybridized carbons (Fsp3) is 0.455. The predicted octanol–water partition coefficient (Wildman–Crippen LogP) is 6.72. The van der Waals surface area contributed by atoms with E-state index >= 15 is 0 Å². The highest BCUT2D eigenvalue weighted by atomic mass is 14.3. The molecular formula is C22H28. The van der Waals surface area contributed by atoms with Crippen molar-refractivity contribution >= 4 is 0 Å². The van der Waals surface area contributed by atoms with Crippen molar-refractivity contribution in [3.63, 3.8) is 0 Å². The average Bonchev–Trinajstić information content (AvgIpc) is 3.30. The molecule has 0 radical (unpaired) electrons. The van der Waals surface area contributed by atoms with Crippen molar-refractivity contribution in [3.05, 3.63) is 60.7 Å². The van der Waals surface area contributed by atoms with Crippen LogP contribution < -0.4 is 0 Å². The van der Waals surface area contributed by atoms with Crippen molar-refractivity contribution in [2.24, 2.45) is 11.8 Å². The zero-order chi connectivity index (χ0) is 15.0. The van der Waals surface area contributed by atoms with Gasteiger partial charge in [-0.3, -0.25) is 0 Å². The van der Waals surface area contributed by atoms with Gasteiger partial charge in [-0.2, -0.15) is 0 Å². The predicted molar refractivity (Wildman–Crippen MR) is 95.8 cm³/mol. The minimum Gasteiger partial charge on any atom is -0.0622 e. The second kappa shape index (κ2) is 8.17. The summed E-state index contributed by atoms with van der Waals surface area (Å²) in [6, 6.07) is 20.8. The Morgan fingerprint density at radius 1 is 0.455 bits per heavy atom. The molecule has 0 heterocycles. The van der Waals surface area contributed by atoms with Crippen molar-refractivity contribution in [2.45, 2.75) is 51.4 Å². The SMILES string of the molecule is C1CCC(C2CCCC2)C1.c1ccc(-c2ccccc2)cc1. The van der Waals surface area contributed by atoms with E-state index in [1.807, 2.05) is 12.1 Å². The van der Waals surface area contributed by atoms with E-state index in [0.29, 0.717) is 0 Å². The molecule has 0 heteroatoms. The van der Waals surface area contributed by atoms with Gasteiger partial charge in [0, 0.05) is 0 Å². The summed E-state index contributed by atoms with van der Waals surface area (Å²) in [5.41, 5.74) is 2.55. The van der Waals surface area contributed by atoms with Crippen LogP contribution in [0.3, 0.4) is 0 Å². The molecule has 0 aromatic heterocycles. The molecule has 0 spiro atoms. The van der Waals surface area contributed by atoms with Gasteiger partial charge in [-0.1, -0.05) is 112 Å². The van der Waals surface area contributed by atoms with Gasteiger partial charge in [-0.15, -0.1) is 0 Å². The molecule has 0 atom stereocenters. The molecule has 0 saturated heterocycles. The van der Waals surface area contributed by atoms with Gasteiger partial charge in [0.1, 0.15) is 0 Å². The number of hydrogen-bond donors (Lipinski definition) is 0. The van der Waals surface area contributed by atoms with E-state index in [9.17, 15) is 0 Å². The van der Waals surface area contributed by atoms with E-state index in [0.717, 1.165) is 11.8 Å². The fourth-order valence-corrected chi connectivity index (χ4v) is 4.12. The summed E-state index contributed by atoms with van der Waals surface area (Å²) in [7, 11) is 0. The molecule has 0 bridgehead atoms. The Labute approximate surface area is 135 Å². The van der Waals surface area contributed by atoms with Gasteiger partial charge in [0.05, 0.1) is 0 Å². The number of hydrogen-bond acceptors (Lipinski definition) is 0. The first-order valence-corrected chi connectivity index (χ1v) is 9.04. The Hall–Kier alpha value is -1.56. The van der Waals surface area contributed by atoms with Crippen molar-refractivity contribution in [1.29, 1.82) is 0 Å². The first kappa shape index (κ1) is 15.3. The summed E-state index contributed by atoms with van der Waals surface area (Å²) in [4.78, 5) is 0. The molecular weight excluding hydrogens is 264 g/mol. The lowest BCUT2D eigenvalue weighted by Gasteiger charge is -2.16. The minimum atomic E-state index is 1.16. The maximum absolute atomic E-state index is 2.12. The topological polar surface area (TPSA) is 0 Å². The Bertz CT molecular complexity index is 465. The third-order valence-corrected chi connectivity index (χ3v) is 5.35. The number of benzene rings is 2. The van der Waals surface area contributed by atoms with Gasteiger partial charge in [-0.05, 0) is 23.0 Å². The molecule has 116 valence electrons. The van der Waals surface area contributed by atoms with Gasteiger partial charge in [0.15, 0.2) is 0 Å². The van der Waals surface area contributed by atoms with Crippen molar-refractivity contribution in [2.75, 3.05) is 0 Å². The molecule has 0 unspecified atom stereocenters. The molecule has 22 heavy (non-hydrogen) atoms. The van der Waals surface area contributed by atoms with E-state index in [2.05, 4.69) is 48.5 Å². The molecule has 2 aromatic carbocycles. The quantitative estimate of drug-likeness (QED) is 0.576. The van der Waals surface area contributed by atoms with Crippen LogP contribution >= 0.6 is 0 Å². The van der Waals surface area contributed by atoms with Crippen LogP contribution in [-0.2, 0) is 0 Å². The molecule has 2 aliphatic carbocycles. The lowest BCUT2D eigenvalue weighted by atomic mass is 9.90. The van der Waals surface area contributed by atoms with Crippen LogP contribution in [0.2, 0.25) is 0 Å². The summed E-state index contributed by atoms with van der Waals surface area (Å²) in [5, 5.41) is 0. The molecule has 2 aromatic rings. The van der Waals surface area contributed by atoms with Gasteiger partial charge in [0.25, 0.3) is 0 Å². The van der Waals surface area contributed by atoms with Crippen LogP contribution in [0.4, 0.5) is 0 Å². The van der Waals surface area contributed by atoms with Crippen LogP contribution in [-0.4, -0.2) is 0 Å². The normalized spacial score (nSPS) is 18.9. The Balaban J connectivity index is 0.000000133. The summed E-state index contributed by atoms with van der Waals surface area (Å²) in [6.45, 7) is 0. The van der Waals surface area contributed by atoms with E-state index in [1.54, 1.807) is 25.7 Å². The molecule has 4 rings (SSSR count). The molecule has 0 N–H and O–H groups in total. The fourth-order valence-electron chi connectivity index (χ4n) is 4.12. The van der Waals surface area contributed by atoms with Crippen LogP contribution in [0.1, 0.15) is 51.4 Å². The van der Waals surface area contributed by atoms with Crippen LogP contribution in [0.15, 0.2) is 60.7 Å². The van der Waals surface area contributed by atoms with Crippen LogP contribution in [0.25, 0.3) is 11.1 Å². The van der Waals surface area contributed by atoms with E-state index in [-0.39, 0.29) is 0 Å². The second-order valence-corrected chi connectivity index (χ2v) is 6.82. The van der Waals surface area contributed by atoms with Gasteiger partial charge >= 0.3 is 0 Å². The lowest BCUT2D eigenvalue weighted by molar-refractivity contribution is 0.347. The van der Waals surface area contributed by atoms with Crippen molar-refractivity contribution in [1.82, 2.24) is 0 Å². The first-order valence-electron chi connectivity index (χ1n) is 9.04. The molecule has 0 aliphatic heterocycles. The second-order valence-electron chi connectivity index (χ2n) is 6.82. The van der Waals surface area contributed by atoms with Crippen LogP contribution in [0.5, 0.6) is 0 Å². The third kappa shape index (κ3) is 4.22. The summed E-state index contributed by atoms with van der Waals surface area (Å²) >= 11 is 0. The smallest absolute Gasteiger partial charge is 0.0184 e. The largest absolute Gasteiger partial charge is 0.0622 e. The highest BCUT2D eigenvalue weighted by Crippen LogP contribution is 2.39. The van der Waals surface area contributed by atoms with Gasteiger partial charge in [0.2, 0.25) is 0 Å². The van der Waals surface area contributed by atoms with E-state index in [1.165, 1.54) is 36.8 Å². The molecule has 0 amide bonds. The Morgan fingerprint density at radius 2 is 0.773 bits per heavy atom. The third-order valence-electron chi connectivity index (χ3n) is 5.35. The standard InChI is InChI=1S/C12H10.C10H18/c1-3-7-11(8-4-1)12-9-5-2-6-10-12;1-2-6-9(5-1)10-7-3-4-8-10/h1-10H;9-10H,1-8H2. The summed E-state index contributed by atoms with van der Waals surface area (Å²) < 4.78 is 0. The van der Waals surface area contributed by atoms with Gasteiger partial charge in [-0.25, -0.2) is 0 Å². The Kier molecular flexibility index (Phi) is 5.70. The minimum absolute atomic E-state index is 1.16. The monoisotopic (exact) mass is 292 g/mol. The summed E-state index contributed by atoms with van der Waals surface area (Å²) in [5.74, 6) is 2.31. The highest BCUT2D eigenvalue weighted by Gasteiger charge is 2.26. The zero-order valence-corrected chi connectivity index (χ0v) is 13.6. The van der Waals surface area contributed by atoms with E-state index < -0.39 is 0 Å². The highest BCUT2D eigenvalue weighted by molar-refractivity contribution is 5.62. The molecule has 2 fully saturated rings. The summed E-state index contributed by atoms with van der Waals surface area (Å²) in [6.07, 6.45) is 12.4. The van der Waals surface area contributed by atoms with Crippen molar-refractivity contribution in [3.8, 4) is 11.1 Å². The first-order chi connectivity index (χ1) is 10.9. The molecule has 2 saturated carbocycles. The number of rotatable bonds is 2. The maximum atomic E-state index is 2.12. The maximum Gasteiger partial charge on any atom is -0.0184 e. The Morgan fingerprint density at radius 3 is 1.09 bits per heavy atom.